The average molecular weight is 218 g/mol. The first-order valence-electron chi connectivity index (χ1n) is 5.44. The van der Waals surface area contributed by atoms with Crippen molar-refractivity contribution in [2.75, 3.05) is 7.05 Å². The van der Waals surface area contributed by atoms with E-state index in [1.807, 2.05) is 38.2 Å². The third kappa shape index (κ3) is 3.65. The van der Waals surface area contributed by atoms with Crippen LogP contribution in [-0.4, -0.2) is 29.2 Å². The second-order valence-electron chi connectivity index (χ2n) is 4.07. The molecule has 3 heteroatoms. The van der Waals surface area contributed by atoms with Gasteiger partial charge < -0.3 is 5.11 Å². The molecule has 0 aromatic heterocycles. The molecule has 0 bridgehead atoms. The molecule has 0 aliphatic heterocycles. The molecule has 0 amide bonds. The molecule has 1 aromatic carbocycles. The zero-order valence-corrected chi connectivity index (χ0v) is 9.80. The van der Waals surface area contributed by atoms with Crippen molar-refractivity contribution < 1.29 is 5.11 Å². The van der Waals surface area contributed by atoms with Gasteiger partial charge in [0.05, 0.1) is 18.6 Å². The lowest BCUT2D eigenvalue weighted by Crippen LogP contribution is -2.38. The molecule has 2 unspecified atom stereocenters. The van der Waals surface area contributed by atoms with Crippen LogP contribution in [0, 0.1) is 11.3 Å². The van der Waals surface area contributed by atoms with Crippen molar-refractivity contribution in [1.29, 1.82) is 5.26 Å². The number of aliphatic hydroxyl groups is 1. The Hall–Kier alpha value is -1.37. The average Bonchev–Trinajstić information content (AvgIpc) is 2.29. The summed E-state index contributed by atoms with van der Waals surface area (Å²) in [5, 5.41) is 18.2. The highest BCUT2D eigenvalue weighted by molar-refractivity contribution is 5.14. The normalized spacial score (nSPS) is 14.4. The third-order valence-corrected chi connectivity index (χ3v) is 2.83. The summed E-state index contributed by atoms with van der Waals surface area (Å²) in [6.07, 6.45) is -0.404. The van der Waals surface area contributed by atoms with Gasteiger partial charge >= 0.3 is 0 Å². The van der Waals surface area contributed by atoms with Crippen molar-refractivity contribution in [3.63, 3.8) is 0 Å². The molecule has 0 heterocycles. The Balaban J connectivity index is 2.52. The molecule has 0 spiro atoms. The second-order valence-corrected chi connectivity index (χ2v) is 4.07. The van der Waals surface area contributed by atoms with Gasteiger partial charge in [-0.2, -0.15) is 5.26 Å². The molecule has 86 valence electrons. The summed E-state index contributed by atoms with van der Waals surface area (Å²) in [6.45, 7) is 2.72. The lowest BCUT2D eigenvalue weighted by atomic mass is 10.1. The highest BCUT2D eigenvalue weighted by Crippen LogP contribution is 2.10. The number of hydrogen-bond donors (Lipinski definition) is 1. The Morgan fingerprint density at radius 2 is 2.00 bits per heavy atom. The van der Waals surface area contributed by atoms with Gasteiger partial charge in [0.15, 0.2) is 0 Å². The maximum Gasteiger partial charge on any atom is 0.0822 e. The molecule has 1 rings (SSSR count). The summed E-state index contributed by atoms with van der Waals surface area (Å²) in [6, 6.07) is 12.1. The molecule has 0 aliphatic rings. The van der Waals surface area contributed by atoms with Gasteiger partial charge in [-0.15, -0.1) is 0 Å². The van der Waals surface area contributed by atoms with E-state index in [-0.39, 0.29) is 12.5 Å². The summed E-state index contributed by atoms with van der Waals surface area (Å²) < 4.78 is 0. The number of aliphatic hydroxyl groups excluding tert-OH is 1. The minimum absolute atomic E-state index is 0.0140. The Kier molecular flexibility index (Phi) is 4.97. The molecule has 0 radical (unpaired) electrons. The van der Waals surface area contributed by atoms with E-state index >= 15 is 0 Å². The Morgan fingerprint density at radius 3 is 2.56 bits per heavy atom. The van der Waals surface area contributed by atoms with Crippen LogP contribution in [0.5, 0.6) is 0 Å². The molecule has 0 aliphatic carbocycles. The van der Waals surface area contributed by atoms with E-state index in [2.05, 4.69) is 17.0 Å². The van der Waals surface area contributed by atoms with Crippen LogP contribution in [0.4, 0.5) is 0 Å². The topological polar surface area (TPSA) is 47.3 Å². The van der Waals surface area contributed by atoms with Crippen LogP contribution in [0.25, 0.3) is 0 Å². The van der Waals surface area contributed by atoms with Gasteiger partial charge in [-0.05, 0) is 19.5 Å². The van der Waals surface area contributed by atoms with E-state index in [1.165, 1.54) is 5.56 Å². The van der Waals surface area contributed by atoms with Crippen LogP contribution in [0.3, 0.4) is 0 Å². The van der Waals surface area contributed by atoms with Crippen molar-refractivity contribution in [3.8, 4) is 6.07 Å². The van der Waals surface area contributed by atoms with Crippen LogP contribution < -0.4 is 0 Å². The predicted octanol–water partition coefficient (Wildman–Crippen LogP) is 1.78. The van der Waals surface area contributed by atoms with Crippen LogP contribution in [0.2, 0.25) is 0 Å². The van der Waals surface area contributed by atoms with E-state index in [9.17, 15) is 5.11 Å². The number of rotatable bonds is 5. The minimum atomic E-state index is -0.585. The molecule has 0 saturated heterocycles. The molecule has 16 heavy (non-hydrogen) atoms. The molecule has 2 atom stereocenters. The highest BCUT2D eigenvalue weighted by atomic mass is 16.3. The van der Waals surface area contributed by atoms with E-state index in [0.717, 1.165) is 6.54 Å². The number of hydrogen-bond acceptors (Lipinski definition) is 3. The zero-order valence-electron chi connectivity index (χ0n) is 9.80. The van der Waals surface area contributed by atoms with Gasteiger partial charge in [-0.3, -0.25) is 4.90 Å². The SMILES string of the molecule is CC(C(O)CC#N)N(C)Cc1ccccc1. The van der Waals surface area contributed by atoms with Crippen molar-refractivity contribution in [3.05, 3.63) is 35.9 Å². The summed E-state index contributed by atoms with van der Waals surface area (Å²) >= 11 is 0. The first kappa shape index (κ1) is 12.7. The van der Waals surface area contributed by atoms with Crippen LogP contribution in [-0.2, 0) is 6.54 Å². The minimum Gasteiger partial charge on any atom is -0.390 e. The van der Waals surface area contributed by atoms with Gasteiger partial charge in [0.25, 0.3) is 0 Å². The number of nitrogens with zero attached hydrogens (tertiary/aromatic N) is 2. The number of likely N-dealkylation sites (N-methyl/N-ethyl adjacent to an activating group) is 1. The summed E-state index contributed by atoms with van der Waals surface area (Å²) in [5.74, 6) is 0. The zero-order chi connectivity index (χ0) is 12.0. The van der Waals surface area contributed by atoms with Gasteiger partial charge in [0.2, 0.25) is 0 Å². The Morgan fingerprint density at radius 1 is 1.38 bits per heavy atom. The predicted molar refractivity (Wildman–Crippen MR) is 63.6 cm³/mol. The number of nitriles is 1. The molecule has 3 nitrogen and oxygen atoms in total. The maximum atomic E-state index is 9.70. The summed E-state index contributed by atoms with van der Waals surface area (Å²) in [7, 11) is 1.96. The van der Waals surface area contributed by atoms with Crippen LogP contribution in [0.1, 0.15) is 18.9 Å². The Labute approximate surface area is 96.9 Å². The molecule has 0 saturated carbocycles. The second kappa shape index (κ2) is 6.26. The Bertz CT molecular complexity index is 345. The van der Waals surface area contributed by atoms with Crippen LogP contribution >= 0.6 is 0 Å². The van der Waals surface area contributed by atoms with E-state index < -0.39 is 6.10 Å². The molecular weight excluding hydrogens is 200 g/mol. The lowest BCUT2D eigenvalue weighted by Gasteiger charge is -2.27. The maximum absolute atomic E-state index is 9.70. The largest absolute Gasteiger partial charge is 0.390 e. The fourth-order valence-corrected chi connectivity index (χ4v) is 1.57. The fourth-order valence-electron chi connectivity index (χ4n) is 1.57. The van der Waals surface area contributed by atoms with Crippen molar-refractivity contribution in [1.82, 2.24) is 4.90 Å². The quantitative estimate of drug-likeness (QED) is 0.819. The van der Waals surface area contributed by atoms with Crippen molar-refractivity contribution in [2.24, 2.45) is 0 Å². The molecule has 1 aromatic rings. The summed E-state index contributed by atoms with van der Waals surface area (Å²) in [4.78, 5) is 2.05. The molecular formula is C13H18N2O. The fraction of sp³-hybridized carbons (Fsp3) is 0.462. The molecule has 0 fully saturated rings. The van der Waals surface area contributed by atoms with E-state index in [4.69, 9.17) is 5.26 Å². The first-order chi connectivity index (χ1) is 7.65. The monoisotopic (exact) mass is 218 g/mol. The van der Waals surface area contributed by atoms with Gasteiger partial charge in [0.1, 0.15) is 0 Å². The van der Waals surface area contributed by atoms with Crippen LogP contribution in [0.15, 0.2) is 30.3 Å². The van der Waals surface area contributed by atoms with E-state index in [1.54, 1.807) is 0 Å². The molecule has 1 N–H and O–H groups in total. The van der Waals surface area contributed by atoms with Gasteiger partial charge in [0, 0.05) is 12.6 Å². The van der Waals surface area contributed by atoms with Crippen molar-refractivity contribution in [2.45, 2.75) is 32.0 Å². The number of benzene rings is 1. The highest BCUT2D eigenvalue weighted by Gasteiger charge is 2.18. The van der Waals surface area contributed by atoms with Crippen molar-refractivity contribution >= 4 is 0 Å². The lowest BCUT2D eigenvalue weighted by molar-refractivity contribution is 0.0726. The van der Waals surface area contributed by atoms with Gasteiger partial charge in [-0.1, -0.05) is 30.3 Å². The van der Waals surface area contributed by atoms with Gasteiger partial charge in [-0.25, -0.2) is 0 Å². The third-order valence-electron chi connectivity index (χ3n) is 2.83. The standard InChI is InChI=1S/C13H18N2O/c1-11(13(16)8-9-14)15(2)10-12-6-4-3-5-7-12/h3-7,11,13,16H,8,10H2,1-2H3. The summed E-state index contributed by atoms with van der Waals surface area (Å²) in [5.41, 5.74) is 1.21. The smallest absolute Gasteiger partial charge is 0.0822 e. The first-order valence-corrected chi connectivity index (χ1v) is 5.44. The van der Waals surface area contributed by atoms with E-state index in [0.29, 0.717) is 0 Å².